The minimum absolute atomic E-state index is 0.204. The zero-order valence-electron chi connectivity index (χ0n) is 5.26. The highest BCUT2D eigenvalue weighted by molar-refractivity contribution is 6.25. The van der Waals surface area contributed by atoms with E-state index < -0.39 is 0 Å². The van der Waals surface area contributed by atoms with Crippen molar-refractivity contribution >= 4 is 17.6 Å². The van der Waals surface area contributed by atoms with E-state index in [1.165, 1.54) is 12.6 Å². The summed E-state index contributed by atoms with van der Waals surface area (Å²) in [5, 5.41) is 0. The zero-order chi connectivity index (χ0) is 7.11. The number of esters is 1. The van der Waals surface area contributed by atoms with Gasteiger partial charge in [-0.15, -0.1) is 0 Å². The van der Waals surface area contributed by atoms with E-state index in [1.807, 2.05) is 0 Å². The first-order chi connectivity index (χ1) is 4.31. The summed E-state index contributed by atoms with van der Waals surface area (Å²) >= 11 is 5.20. The molecule has 0 N–H and O–H groups in total. The first kappa shape index (κ1) is 8.50. The number of ether oxygens (including phenoxy) is 1. The van der Waals surface area contributed by atoms with E-state index in [0.717, 1.165) is 0 Å². The van der Waals surface area contributed by atoms with Gasteiger partial charge in [-0.1, -0.05) is 17.7 Å². The molecule has 0 aliphatic carbocycles. The van der Waals surface area contributed by atoms with Crippen molar-refractivity contribution in [3.05, 3.63) is 11.6 Å². The van der Waals surface area contributed by atoms with Gasteiger partial charge in [0.15, 0.2) is 0 Å². The average molecular weight is 149 g/mol. The zero-order valence-corrected chi connectivity index (χ0v) is 6.02. The molecule has 0 saturated heterocycles. The molecule has 0 saturated carbocycles. The largest absolute Gasteiger partial charge is 0.469 e. The van der Waals surface area contributed by atoms with Gasteiger partial charge in [0.1, 0.15) is 0 Å². The smallest absolute Gasteiger partial charge is 0.305 e. The molecule has 9 heavy (non-hydrogen) atoms. The van der Waals surface area contributed by atoms with Gasteiger partial charge in [-0.25, -0.2) is 0 Å². The second kappa shape index (κ2) is 5.63. The maximum Gasteiger partial charge on any atom is 0.305 e. The Kier molecular flexibility index (Phi) is 5.32. The molecule has 0 unspecified atom stereocenters. The average Bonchev–Trinajstić information content (AvgIpc) is 1.89. The van der Waals surface area contributed by atoms with E-state index in [1.54, 1.807) is 6.08 Å². The molecule has 0 aliphatic rings. The standard InChI is InChI=1S/C6H9ClO2/c1-9-6(8)4-2-3-5-7/h3,5H,2,4H2,1H3. The molecule has 52 valence electrons. The minimum atomic E-state index is -0.204. The van der Waals surface area contributed by atoms with Crippen molar-refractivity contribution in [2.24, 2.45) is 0 Å². The number of rotatable bonds is 3. The van der Waals surface area contributed by atoms with Gasteiger partial charge in [0.25, 0.3) is 0 Å². The van der Waals surface area contributed by atoms with Gasteiger partial charge in [-0.3, -0.25) is 4.79 Å². The maximum absolute atomic E-state index is 10.4. The number of carbonyl (C=O) groups is 1. The van der Waals surface area contributed by atoms with Gasteiger partial charge >= 0.3 is 5.97 Å². The summed E-state index contributed by atoms with van der Waals surface area (Å²) in [5.74, 6) is -0.204. The Hall–Kier alpha value is -0.500. The van der Waals surface area contributed by atoms with Crippen LogP contribution in [0.25, 0.3) is 0 Å². The van der Waals surface area contributed by atoms with Crippen LogP contribution in [-0.4, -0.2) is 13.1 Å². The fraction of sp³-hybridized carbons (Fsp3) is 0.500. The fourth-order valence-electron chi connectivity index (χ4n) is 0.366. The Morgan fingerprint density at radius 1 is 1.78 bits per heavy atom. The summed E-state index contributed by atoms with van der Waals surface area (Å²) in [6.07, 6.45) is 2.76. The highest BCUT2D eigenvalue weighted by atomic mass is 35.5. The van der Waals surface area contributed by atoms with Crippen molar-refractivity contribution in [2.75, 3.05) is 7.11 Å². The van der Waals surface area contributed by atoms with Crippen molar-refractivity contribution in [1.82, 2.24) is 0 Å². The molecule has 0 aromatic carbocycles. The topological polar surface area (TPSA) is 26.3 Å². The summed E-state index contributed by atoms with van der Waals surface area (Å²) in [4.78, 5) is 10.4. The van der Waals surface area contributed by atoms with E-state index >= 15 is 0 Å². The van der Waals surface area contributed by atoms with Gasteiger partial charge in [0.2, 0.25) is 0 Å². The number of hydrogen-bond acceptors (Lipinski definition) is 2. The molecule has 0 fully saturated rings. The first-order valence-electron chi connectivity index (χ1n) is 2.63. The number of carbonyl (C=O) groups excluding carboxylic acids is 1. The maximum atomic E-state index is 10.4. The van der Waals surface area contributed by atoms with Crippen LogP contribution in [0, 0.1) is 0 Å². The number of allylic oxidation sites excluding steroid dienone is 1. The molecular weight excluding hydrogens is 140 g/mol. The SMILES string of the molecule is COC(=O)CCC=CCl. The quantitative estimate of drug-likeness (QED) is 0.570. The van der Waals surface area contributed by atoms with Crippen molar-refractivity contribution in [1.29, 1.82) is 0 Å². The van der Waals surface area contributed by atoms with Crippen LogP contribution in [0.5, 0.6) is 0 Å². The second-order valence-electron chi connectivity index (χ2n) is 1.48. The van der Waals surface area contributed by atoms with E-state index in [9.17, 15) is 4.79 Å². The molecule has 0 aliphatic heterocycles. The summed E-state index contributed by atoms with van der Waals surface area (Å²) in [7, 11) is 1.37. The highest BCUT2D eigenvalue weighted by Gasteiger charge is 1.94. The summed E-state index contributed by atoms with van der Waals surface area (Å²) in [6, 6.07) is 0. The molecule has 0 radical (unpaired) electrons. The number of methoxy groups -OCH3 is 1. The van der Waals surface area contributed by atoms with E-state index in [4.69, 9.17) is 11.6 Å². The normalized spacial score (nSPS) is 10.0. The molecular formula is C6H9ClO2. The monoisotopic (exact) mass is 148 g/mol. The van der Waals surface area contributed by atoms with Crippen LogP contribution in [0.3, 0.4) is 0 Å². The van der Waals surface area contributed by atoms with Crippen molar-refractivity contribution < 1.29 is 9.53 Å². The van der Waals surface area contributed by atoms with Gasteiger partial charge in [-0.2, -0.15) is 0 Å². The Morgan fingerprint density at radius 3 is 2.89 bits per heavy atom. The molecule has 3 heteroatoms. The number of halogens is 1. The van der Waals surface area contributed by atoms with Crippen LogP contribution >= 0.6 is 11.6 Å². The Morgan fingerprint density at radius 2 is 2.44 bits per heavy atom. The van der Waals surface area contributed by atoms with Crippen LogP contribution in [-0.2, 0) is 9.53 Å². The molecule has 0 spiro atoms. The van der Waals surface area contributed by atoms with Gasteiger partial charge in [0, 0.05) is 12.0 Å². The molecule has 0 aromatic rings. The first-order valence-corrected chi connectivity index (χ1v) is 3.07. The minimum Gasteiger partial charge on any atom is -0.469 e. The molecule has 0 heterocycles. The third-order valence-corrected chi connectivity index (χ3v) is 1.01. The third kappa shape index (κ3) is 5.37. The molecule has 0 bridgehead atoms. The lowest BCUT2D eigenvalue weighted by Crippen LogP contribution is -1.97. The molecule has 0 rings (SSSR count). The summed E-state index contributed by atoms with van der Waals surface area (Å²) in [5.41, 5.74) is 1.39. The predicted molar refractivity (Wildman–Crippen MR) is 36.2 cm³/mol. The summed E-state index contributed by atoms with van der Waals surface area (Å²) < 4.78 is 4.38. The predicted octanol–water partition coefficient (Wildman–Crippen LogP) is 1.69. The molecule has 0 amide bonds. The van der Waals surface area contributed by atoms with Crippen molar-refractivity contribution in [2.45, 2.75) is 12.8 Å². The van der Waals surface area contributed by atoms with E-state index in [0.29, 0.717) is 12.8 Å². The Bertz CT molecular complexity index is 110. The second-order valence-corrected chi connectivity index (χ2v) is 1.73. The molecule has 0 aromatic heterocycles. The summed E-state index contributed by atoms with van der Waals surface area (Å²) in [6.45, 7) is 0. The van der Waals surface area contributed by atoms with Crippen LogP contribution in [0.2, 0.25) is 0 Å². The van der Waals surface area contributed by atoms with Gasteiger partial charge < -0.3 is 4.74 Å². The molecule has 0 atom stereocenters. The van der Waals surface area contributed by atoms with Crippen molar-refractivity contribution in [3.63, 3.8) is 0 Å². The fourth-order valence-corrected chi connectivity index (χ4v) is 0.492. The van der Waals surface area contributed by atoms with Crippen LogP contribution < -0.4 is 0 Å². The third-order valence-electron chi connectivity index (χ3n) is 0.832. The van der Waals surface area contributed by atoms with Crippen molar-refractivity contribution in [3.8, 4) is 0 Å². The van der Waals surface area contributed by atoms with E-state index in [-0.39, 0.29) is 5.97 Å². The lowest BCUT2D eigenvalue weighted by atomic mass is 10.3. The number of hydrogen-bond donors (Lipinski definition) is 0. The van der Waals surface area contributed by atoms with Crippen LogP contribution in [0.4, 0.5) is 0 Å². The van der Waals surface area contributed by atoms with Gasteiger partial charge in [0.05, 0.1) is 7.11 Å². The lowest BCUT2D eigenvalue weighted by Gasteiger charge is -1.92. The van der Waals surface area contributed by atoms with Crippen LogP contribution in [0.1, 0.15) is 12.8 Å². The Balaban J connectivity index is 3.17. The highest BCUT2D eigenvalue weighted by Crippen LogP contribution is 1.93. The lowest BCUT2D eigenvalue weighted by molar-refractivity contribution is -0.140. The van der Waals surface area contributed by atoms with Gasteiger partial charge in [-0.05, 0) is 6.42 Å². The van der Waals surface area contributed by atoms with Crippen LogP contribution in [0.15, 0.2) is 11.6 Å². The van der Waals surface area contributed by atoms with E-state index in [2.05, 4.69) is 4.74 Å². The Labute approximate surface area is 59.5 Å². The molecule has 2 nitrogen and oxygen atoms in total.